The van der Waals surface area contributed by atoms with Crippen molar-refractivity contribution in [3.05, 3.63) is 35.4 Å². The summed E-state index contributed by atoms with van der Waals surface area (Å²) in [5.41, 5.74) is 2.69. The van der Waals surface area contributed by atoms with E-state index in [9.17, 15) is 4.79 Å². The number of fused-ring (bicyclic) bond motifs is 6. The number of carbonyl (C=O) groups excluding carboxylic acids is 1. The molecule has 0 spiro atoms. The highest BCUT2D eigenvalue weighted by Crippen LogP contribution is 2.45. The Labute approximate surface area is 186 Å². The minimum atomic E-state index is 0.310. The molecule has 3 saturated heterocycles. The van der Waals surface area contributed by atoms with Crippen molar-refractivity contribution in [2.75, 3.05) is 33.9 Å². The Balaban J connectivity index is 1.29. The molecule has 4 aliphatic rings. The number of methoxy groups -OCH3 is 2. The highest BCUT2D eigenvalue weighted by Gasteiger charge is 2.46. The van der Waals surface area contributed by atoms with E-state index in [1.807, 2.05) is 18.2 Å². The second kappa shape index (κ2) is 8.85. The Morgan fingerprint density at radius 3 is 2.81 bits per heavy atom. The maximum atomic E-state index is 13.4. The number of aryl methyl sites for hydroxylation is 1. The van der Waals surface area contributed by atoms with Crippen LogP contribution in [0.1, 0.15) is 50.5 Å². The topological polar surface area (TPSA) is 42.0 Å². The van der Waals surface area contributed by atoms with E-state index in [-0.39, 0.29) is 0 Å². The van der Waals surface area contributed by atoms with E-state index in [4.69, 9.17) is 9.47 Å². The first kappa shape index (κ1) is 20.9. The van der Waals surface area contributed by atoms with Gasteiger partial charge in [-0.1, -0.05) is 24.1 Å². The first-order chi connectivity index (χ1) is 15.2. The van der Waals surface area contributed by atoms with Gasteiger partial charge in [-0.3, -0.25) is 9.69 Å². The average Bonchev–Trinajstić information content (AvgIpc) is 2.82. The minimum absolute atomic E-state index is 0.310. The lowest BCUT2D eigenvalue weighted by Crippen LogP contribution is -2.60. The van der Waals surface area contributed by atoms with Crippen LogP contribution in [0.2, 0.25) is 0 Å². The zero-order valence-electron chi connectivity index (χ0n) is 19.0. The van der Waals surface area contributed by atoms with Gasteiger partial charge in [0, 0.05) is 25.6 Å². The lowest BCUT2D eigenvalue weighted by Gasteiger charge is -2.54. The summed E-state index contributed by atoms with van der Waals surface area (Å²) in [6.45, 7) is 3.35. The number of hydrogen-bond acceptors (Lipinski definition) is 4. The predicted octanol–water partition coefficient (Wildman–Crippen LogP) is 4.06. The molecule has 0 N–H and O–H groups in total. The van der Waals surface area contributed by atoms with E-state index in [1.165, 1.54) is 45.2 Å². The summed E-state index contributed by atoms with van der Waals surface area (Å²) in [4.78, 5) is 18.4. The van der Waals surface area contributed by atoms with Crippen LogP contribution >= 0.6 is 0 Å². The molecule has 1 amide bonds. The summed E-state index contributed by atoms with van der Waals surface area (Å²) in [6.07, 6.45) is 11.5. The van der Waals surface area contributed by atoms with Crippen molar-refractivity contribution < 1.29 is 14.3 Å². The van der Waals surface area contributed by atoms with Crippen LogP contribution in [0.3, 0.4) is 0 Å². The molecule has 5 nitrogen and oxygen atoms in total. The second-order valence-corrected chi connectivity index (χ2v) is 9.78. The molecule has 0 saturated carbocycles. The molecule has 0 aromatic heterocycles. The van der Waals surface area contributed by atoms with E-state index in [0.29, 0.717) is 30.2 Å². The van der Waals surface area contributed by atoms with Crippen molar-refractivity contribution in [1.82, 2.24) is 9.80 Å². The molecule has 3 heterocycles. The fraction of sp³-hybridized carbons (Fsp3) is 0.654. The van der Waals surface area contributed by atoms with Crippen molar-refractivity contribution in [1.29, 1.82) is 0 Å². The van der Waals surface area contributed by atoms with Crippen molar-refractivity contribution in [3.63, 3.8) is 0 Å². The number of likely N-dealkylation sites (tertiary alicyclic amines) is 1. The first-order valence-electron chi connectivity index (χ1n) is 12.1. The lowest BCUT2D eigenvalue weighted by molar-refractivity contribution is -0.136. The number of benzene rings is 1. The third-order valence-corrected chi connectivity index (χ3v) is 8.05. The molecule has 5 heteroatoms. The van der Waals surface area contributed by atoms with Crippen molar-refractivity contribution >= 4 is 5.91 Å². The van der Waals surface area contributed by atoms with Gasteiger partial charge < -0.3 is 14.4 Å². The zero-order chi connectivity index (χ0) is 21.4. The third-order valence-electron chi connectivity index (χ3n) is 8.05. The summed E-state index contributed by atoms with van der Waals surface area (Å²) < 4.78 is 10.8. The van der Waals surface area contributed by atoms with Gasteiger partial charge >= 0.3 is 0 Å². The van der Waals surface area contributed by atoms with Crippen LogP contribution < -0.4 is 9.47 Å². The summed E-state index contributed by atoms with van der Waals surface area (Å²) >= 11 is 0. The number of carbonyl (C=O) groups is 1. The highest BCUT2D eigenvalue weighted by molar-refractivity contribution is 5.77. The molecule has 2 bridgehead atoms. The van der Waals surface area contributed by atoms with Crippen LogP contribution in [0, 0.1) is 11.8 Å². The summed E-state index contributed by atoms with van der Waals surface area (Å²) in [7, 11) is 3.30. The predicted molar refractivity (Wildman–Crippen MR) is 121 cm³/mol. The summed E-state index contributed by atoms with van der Waals surface area (Å²) in [5.74, 6) is 3.10. The van der Waals surface area contributed by atoms with Crippen LogP contribution in [0.15, 0.2) is 29.8 Å². The van der Waals surface area contributed by atoms with Crippen molar-refractivity contribution in [3.8, 4) is 11.5 Å². The van der Waals surface area contributed by atoms with Gasteiger partial charge in [-0.05, 0) is 74.6 Å². The molecule has 4 atom stereocenters. The largest absolute Gasteiger partial charge is 0.493 e. The Morgan fingerprint density at radius 1 is 1.10 bits per heavy atom. The number of nitrogens with zero attached hydrogens (tertiary/aromatic N) is 2. The van der Waals surface area contributed by atoms with Crippen molar-refractivity contribution in [2.24, 2.45) is 11.8 Å². The van der Waals surface area contributed by atoms with Crippen LogP contribution in [0.25, 0.3) is 0 Å². The molecule has 5 rings (SSSR count). The number of ether oxygens (including phenoxy) is 2. The molecule has 1 aliphatic carbocycles. The Hall–Kier alpha value is -2.01. The molecular formula is C26H36N2O3. The van der Waals surface area contributed by atoms with Gasteiger partial charge in [0.15, 0.2) is 11.5 Å². The van der Waals surface area contributed by atoms with Gasteiger partial charge in [0.1, 0.15) is 0 Å². The van der Waals surface area contributed by atoms with Gasteiger partial charge in [0.25, 0.3) is 0 Å². The van der Waals surface area contributed by atoms with Gasteiger partial charge in [-0.25, -0.2) is 0 Å². The van der Waals surface area contributed by atoms with E-state index in [2.05, 4.69) is 15.9 Å². The Morgan fingerprint density at radius 2 is 1.97 bits per heavy atom. The van der Waals surface area contributed by atoms with E-state index < -0.39 is 0 Å². The average molecular weight is 425 g/mol. The molecule has 3 aliphatic heterocycles. The van der Waals surface area contributed by atoms with E-state index in [1.54, 1.807) is 19.8 Å². The quantitative estimate of drug-likeness (QED) is 0.669. The number of hydrogen-bond donors (Lipinski definition) is 0. The summed E-state index contributed by atoms with van der Waals surface area (Å²) in [5, 5.41) is 0. The van der Waals surface area contributed by atoms with E-state index >= 15 is 0 Å². The van der Waals surface area contributed by atoms with Crippen LogP contribution in [-0.4, -0.2) is 61.6 Å². The number of amides is 1. The number of rotatable bonds is 5. The maximum absolute atomic E-state index is 13.4. The fourth-order valence-corrected chi connectivity index (χ4v) is 6.68. The Kier molecular flexibility index (Phi) is 5.96. The van der Waals surface area contributed by atoms with Gasteiger partial charge in [0.2, 0.25) is 5.91 Å². The molecule has 3 fully saturated rings. The molecule has 0 unspecified atom stereocenters. The normalized spacial score (nSPS) is 30.1. The molecule has 1 aromatic rings. The molecular weight excluding hydrogens is 388 g/mol. The van der Waals surface area contributed by atoms with E-state index in [0.717, 1.165) is 42.5 Å². The summed E-state index contributed by atoms with van der Waals surface area (Å²) in [6, 6.07) is 7.06. The zero-order valence-corrected chi connectivity index (χ0v) is 19.0. The van der Waals surface area contributed by atoms with Gasteiger partial charge in [-0.15, -0.1) is 0 Å². The first-order valence-corrected chi connectivity index (χ1v) is 12.1. The Bertz CT molecular complexity index is 851. The highest BCUT2D eigenvalue weighted by atomic mass is 16.5. The second-order valence-electron chi connectivity index (χ2n) is 9.78. The van der Waals surface area contributed by atoms with Crippen LogP contribution in [-0.2, 0) is 11.2 Å². The molecule has 168 valence electrons. The third kappa shape index (κ3) is 3.97. The van der Waals surface area contributed by atoms with Crippen LogP contribution in [0.5, 0.6) is 11.5 Å². The van der Waals surface area contributed by atoms with Gasteiger partial charge in [0.05, 0.1) is 20.3 Å². The monoisotopic (exact) mass is 424 g/mol. The van der Waals surface area contributed by atoms with Gasteiger partial charge in [-0.2, -0.15) is 0 Å². The smallest absolute Gasteiger partial charge is 0.223 e. The SMILES string of the molecule is COc1ccc(CCC(=O)N2CCCC3=C[C@H]4C[C@H](CN5CCCC[C@H]45)[C@H]32)cc1OC. The van der Waals surface area contributed by atoms with Crippen LogP contribution in [0.4, 0.5) is 0 Å². The maximum Gasteiger partial charge on any atom is 0.223 e. The molecule has 1 aromatic carbocycles. The fourth-order valence-electron chi connectivity index (χ4n) is 6.68. The molecule has 31 heavy (non-hydrogen) atoms. The van der Waals surface area contributed by atoms with Crippen molar-refractivity contribution in [2.45, 2.75) is 63.5 Å². The molecule has 0 radical (unpaired) electrons. The number of piperidine rings is 3. The lowest BCUT2D eigenvalue weighted by atomic mass is 9.68. The minimum Gasteiger partial charge on any atom is -0.493 e. The standard InChI is InChI=1S/C26H36N2O3/c1-30-23-10-8-18(14-24(23)31-2)9-11-25(29)28-13-5-6-19-15-20-16-21(26(19)28)17-27-12-4-3-7-22(20)27/h8,10,14-15,20-22,26H,3-7,9,11-13,16-17H2,1-2H3/t20-,21+,22+,26-/m0/s1.